The Morgan fingerprint density at radius 3 is 2.67 bits per heavy atom. The molecule has 0 radical (unpaired) electrons. The number of allylic oxidation sites excluding steroid dienone is 1. The molecule has 0 aromatic carbocycles. The molecule has 2 nitrogen and oxygen atoms in total. The predicted octanol–water partition coefficient (Wildman–Crippen LogP) is 2.14. The minimum Gasteiger partial charge on any atom is -0.512 e. The largest absolute Gasteiger partial charge is 0.512 e. The van der Waals surface area contributed by atoms with Crippen LogP contribution in [0.4, 0.5) is 0 Å². The highest BCUT2D eigenvalue weighted by atomic mass is 16.3. The van der Waals surface area contributed by atoms with Gasteiger partial charge in [0.25, 0.3) is 0 Å². The minimum absolute atomic E-state index is 0.184. The summed E-state index contributed by atoms with van der Waals surface area (Å²) in [6.45, 7) is 0. The highest BCUT2D eigenvalue weighted by molar-refractivity contribution is 5.18. The Hall–Kier alpha value is -0.500. The van der Waals surface area contributed by atoms with E-state index < -0.39 is 0 Å². The van der Waals surface area contributed by atoms with Crippen molar-refractivity contribution in [3.8, 4) is 0 Å². The van der Waals surface area contributed by atoms with E-state index in [0.717, 1.165) is 24.8 Å². The van der Waals surface area contributed by atoms with Gasteiger partial charge in [-0.15, -0.1) is 0 Å². The summed E-state index contributed by atoms with van der Waals surface area (Å²) in [4.78, 5) is 0. The first-order chi connectivity index (χ1) is 5.79. The Morgan fingerprint density at radius 1 is 1.08 bits per heavy atom. The van der Waals surface area contributed by atoms with Crippen LogP contribution in [0.2, 0.25) is 0 Å². The summed E-state index contributed by atoms with van der Waals surface area (Å²) >= 11 is 0. The molecular weight excluding hydrogens is 152 g/mol. The number of aliphatic hydroxyl groups excluding tert-OH is 2. The highest BCUT2D eigenvalue weighted by Crippen LogP contribution is 2.39. The first kappa shape index (κ1) is 8.11. The fraction of sp³-hybridized carbons (Fsp3) is 0.800. The molecule has 2 atom stereocenters. The molecule has 2 heteroatoms. The van der Waals surface area contributed by atoms with Crippen molar-refractivity contribution in [2.45, 2.75) is 44.6 Å². The zero-order valence-corrected chi connectivity index (χ0v) is 7.29. The molecule has 2 N–H and O–H groups in total. The van der Waals surface area contributed by atoms with E-state index in [9.17, 15) is 10.2 Å². The molecule has 1 fully saturated rings. The minimum atomic E-state index is -0.184. The third-order valence-electron chi connectivity index (χ3n) is 3.17. The summed E-state index contributed by atoms with van der Waals surface area (Å²) in [6.07, 6.45) is 5.72. The summed E-state index contributed by atoms with van der Waals surface area (Å²) < 4.78 is 0. The molecule has 2 aliphatic rings. The first-order valence-corrected chi connectivity index (χ1v) is 4.88. The maximum absolute atomic E-state index is 9.68. The smallest absolute Gasteiger partial charge is 0.0919 e. The van der Waals surface area contributed by atoms with Crippen LogP contribution in [0.5, 0.6) is 0 Å². The van der Waals surface area contributed by atoms with Crippen molar-refractivity contribution in [3.63, 3.8) is 0 Å². The van der Waals surface area contributed by atoms with E-state index in [-0.39, 0.29) is 12.0 Å². The van der Waals surface area contributed by atoms with E-state index in [2.05, 4.69) is 0 Å². The second-order valence-electron chi connectivity index (χ2n) is 3.93. The molecule has 0 amide bonds. The Bertz CT molecular complexity index is 208. The van der Waals surface area contributed by atoms with E-state index in [1.54, 1.807) is 0 Å². The van der Waals surface area contributed by atoms with Gasteiger partial charge in [-0.1, -0.05) is 6.42 Å². The molecule has 0 aromatic heterocycles. The standard InChI is InChI=1S/C10H16O2/c11-9-5-6-10(12)8-4-2-1-3-7(8)9/h7,9,11-12H,1-6H2. The predicted molar refractivity (Wildman–Crippen MR) is 46.9 cm³/mol. The molecule has 0 aromatic rings. The highest BCUT2D eigenvalue weighted by Gasteiger charge is 2.31. The van der Waals surface area contributed by atoms with Crippen LogP contribution >= 0.6 is 0 Å². The topological polar surface area (TPSA) is 40.5 Å². The molecule has 0 aliphatic heterocycles. The lowest BCUT2D eigenvalue weighted by molar-refractivity contribution is 0.0831. The quantitative estimate of drug-likeness (QED) is 0.581. The number of hydrogen-bond acceptors (Lipinski definition) is 2. The molecule has 2 rings (SSSR count). The third kappa shape index (κ3) is 1.24. The summed E-state index contributed by atoms with van der Waals surface area (Å²) in [5.41, 5.74) is 1.15. The number of aliphatic hydroxyl groups is 2. The molecule has 68 valence electrons. The molecule has 2 unspecified atom stereocenters. The van der Waals surface area contributed by atoms with Gasteiger partial charge in [-0.3, -0.25) is 0 Å². The Balaban J connectivity index is 2.23. The van der Waals surface area contributed by atoms with Crippen LogP contribution in [-0.4, -0.2) is 16.3 Å². The van der Waals surface area contributed by atoms with Gasteiger partial charge in [0.05, 0.1) is 11.9 Å². The molecule has 1 saturated carbocycles. The second-order valence-corrected chi connectivity index (χ2v) is 3.93. The van der Waals surface area contributed by atoms with E-state index in [1.807, 2.05) is 0 Å². The van der Waals surface area contributed by atoms with Gasteiger partial charge in [0, 0.05) is 12.3 Å². The van der Waals surface area contributed by atoms with Crippen molar-refractivity contribution in [3.05, 3.63) is 11.3 Å². The number of rotatable bonds is 0. The summed E-state index contributed by atoms with van der Waals surface area (Å²) in [5, 5.41) is 19.3. The van der Waals surface area contributed by atoms with E-state index in [1.165, 1.54) is 12.8 Å². The van der Waals surface area contributed by atoms with Crippen LogP contribution in [0, 0.1) is 5.92 Å². The van der Waals surface area contributed by atoms with Crippen molar-refractivity contribution in [1.82, 2.24) is 0 Å². The van der Waals surface area contributed by atoms with Gasteiger partial charge in [0.2, 0.25) is 0 Å². The van der Waals surface area contributed by atoms with Crippen molar-refractivity contribution in [2.75, 3.05) is 0 Å². The van der Waals surface area contributed by atoms with Gasteiger partial charge in [-0.05, 0) is 31.3 Å². The van der Waals surface area contributed by atoms with Crippen LogP contribution in [0.1, 0.15) is 38.5 Å². The SMILES string of the molecule is OC1=C2CCCCC2C(O)CC1. The van der Waals surface area contributed by atoms with Crippen LogP contribution < -0.4 is 0 Å². The Kier molecular flexibility index (Phi) is 2.09. The Morgan fingerprint density at radius 2 is 1.92 bits per heavy atom. The zero-order chi connectivity index (χ0) is 8.55. The van der Waals surface area contributed by atoms with Crippen molar-refractivity contribution in [2.24, 2.45) is 5.92 Å². The molecule has 0 spiro atoms. The molecule has 0 saturated heterocycles. The average molecular weight is 168 g/mol. The van der Waals surface area contributed by atoms with Crippen LogP contribution in [-0.2, 0) is 0 Å². The number of hydrogen-bond donors (Lipinski definition) is 2. The van der Waals surface area contributed by atoms with Gasteiger partial charge in [-0.25, -0.2) is 0 Å². The molecule has 2 aliphatic carbocycles. The van der Waals surface area contributed by atoms with Crippen molar-refractivity contribution >= 4 is 0 Å². The van der Waals surface area contributed by atoms with Gasteiger partial charge in [-0.2, -0.15) is 0 Å². The maximum Gasteiger partial charge on any atom is 0.0919 e. The van der Waals surface area contributed by atoms with E-state index in [0.29, 0.717) is 12.2 Å². The van der Waals surface area contributed by atoms with Crippen LogP contribution in [0.3, 0.4) is 0 Å². The molecule has 0 heterocycles. The summed E-state index contributed by atoms with van der Waals surface area (Å²) in [6, 6.07) is 0. The number of fused-ring (bicyclic) bond motifs is 1. The maximum atomic E-state index is 9.68. The van der Waals surface area contributed by atoms with Crippen molar-refractivity contribution in [1.29, 1.82) is 0 Å². The molecule has 0 bridgehead atoms. The van der Waals surface area contributed by atoms with Gasteiger partial charge in [0.15, 0.2) is 0 Å². The van der Waals surface area contributed by atoms with Gasteiger partial charge >= 0.3 is 0 Å². The lowest BCUT2D eigenvalue weighted by atomic mass is 9.75. The second kappa shape index (κ2) is 3.09. The Labute approximate surface area is 72.9 Å². The third-order valence-corrected chi connectivity index (χ3v) is 3.17. The van der Waals surface area contributed by atoms with Crippen molar-refractivity contribution < 1.29 is 10.2 Å². The summed E-state index contributed by atoms with van der Waals surface area (Å²) in [5.74, 6) is 0.859. The van der Waals surface area contributed by atoms with E-state index in [4.69, 9.17) is 0 Å². The average Bonchev–Trinajstić information content (AvgIpc) is 2.12. The lowest BCUT2D eigenvalue weighted by Crippen LogP contribution is -2.29. The fourth-order valence-corrected chi connectivity index (χ4v) is 2.47. The lowest BCUT2D eigenvalue weighted by Gasteiger charge is -2.34. The normalized spacial score (nSPS) is 36.4. The zero-order valence-electron chi connectivity index (χ0n) is 7.29. The van der Waals surface area contributed by atoms with E-state index >= 15 is 0 Å². The first-order valence-electron chi connectivity index (χ1n) is 4.88. The molecule has 12 heavy (non-hydrogen) atoms. The van der Waals surface area contributed by atoms with Gasteiger partial charge in [0.1, 0.15) is 0 Å². The van der Waals surface area contributed by atoms with Gasteiger partial charge < -0.3 is 10.2 Å². The molecular formula is C10H16O2. The van der Waals surface area contributed by atoms with Crippen LogP contribution in [0.15, 0.2) is 11.3 Å². The van der Waals surface area contributed by atoms with Crippen LogP contribution in [0.25, 0.3) is 0 Å². The fourth-order valence-electron chi connectivity index (χ4n) is 2.47. The monoisotopic (exact) mass is 168 g/mol. The summed E-state index contributed by atoms with van der Waals surface area (Å²) in [7, 11) is 0.